The minimum absolute atomic E-state index is 0.114. The van der Waals surface area contributed by atoms with E-state index >= 15 is 4.39 Å². The molecule has 182 valence electrons. The molecule has 2 aromatic rings. The number of benzene rings is 2. The highest BCUT2D eigenvalue weighted by atomic mass is 19.1. The number of piperazine rings is 1. The number of hydrogen-bond donors (Lipinski definition) is 0. The molecular weight excluding hydrogens is 437 g/mol. The van der Waals surface area contributed by atoms with E-state index in [-0.39, 0.29) is 11.8 Å². The molecule has 2 heterocycles. The van der Waals surface area contributed by atoms with Crippen LogP contribution in [0.5, 0.6) is 11.5 Å². The number of rotatable bonds is 6. The minimum Gasteiger partial charge on any atom is -0.493 e. The summed E-state index contributed by atoms with van der Waals surface area (Å²) in [6.45, 7) is 5.93. The van der Waals surface area contributed by atoms with Gasteiger partial charge in [0, 0.05) is 44.4 Å². The Balaban J connectivity index is 1.82. The number of likely N-dealkylation sites (N-methyl/N-ethyl adjacent to an activating group) is 1. The van der Waals surface area contributed by atoms with Crippen molar-refractivity contribution in [2.75, 3.05) is 54.0 Å². The molecule has 0 spiro atoms. The Bertz CT molecular complexity index is 1070. The summed E-state index contributed by atoms with van der Waals surface area (Å²) in [6.07, 6.45) is 1.06. The normalized spacial score (nSPS) is 20.8. The fourth-order valence-electron chi connectivity index (χ4n) is 5.12. The van der Waals surface area contributed by atoms with Gasteiger partial charge >= 0.3 is 0 Å². The average molecular weight is 470 g/mol. The number of ether oxygens (including phenoxy) is 2. The first-order valence-corrected chi connectivity index (χ1v) is 11.7. The largest absolute Gasteiger partial charge is 0.493 e. The molecule has 8 heteroatoms. The van der Waals surface area contributed by atoms with Gasteiger partial charge in [-0.3, -0.25) is 14.5 Å². The molecular formula is C26H32FN3O4. The lowest BCUT2D eigenvalue weighted by atomic mass is 9.78. The summed E-state index contributed by atoms with van der Waals surface area (Å²) >= 11 is 0. The van der Waals surface area contributed by atoms with Crippen LogP contribution >= 0.6 is 0 Å². The van der Waals surface area contributed by atoms with Crippen LogP contribution in [0.4, 0.5) is 4.39 Å². The first-order valence-electron chi connectivity index (χ1n) is 11.7. The first kappa shape index (κ1) is 24.0. The van der Waals surface area contributed by atoms with Crippen LogP contribution < -0.4 is 9.47 Å². The van der Waals surface area contributed by atoms with E-state index in [1.807, 2.05) is 4.90 Å². The number of nitrogens with zero attached hydrogens (tertiary/aromatic N) is 3. The van der Waals surface area contributed by atoms with Gasteiger partial charge < -0.3 is 19.3 Å². The van der Waals surface area contributed by atoms with Crippen molar-refractivity contribution in [3.05, 3.63) is 58.9 Å². The standard InChI is InChI=1S/C26H32FN3O4/c1-5-10-29-11-13-30(14-12-29)26(32)23-18-15-21(33-3)22(34-4)16-19(18)25(31)28(2)24(23)17-8-6-7-9-20(17)27/h6-9,15-16,23-24H,5,10-14H2,1-4H3/t23-,24-/m1/s1. The van der Waals surface area contributed by atoms with Crippen molar-refractivity contribution in [2.24, 2.45) is 0 Å². The van der Waals surface area contributed by atoms with Gasteiger partial charge in [0.05, 0.1) is 26.2 Å². The van der Waals surface area contributed by atoms with Crippen LogP contribution in [0.1, 0.15) is 46.8 Å². The molecule has 2 aliphatic heterocycles. The highest BCUT2D eigenvalue weighted by Crippen LogP contribution is 2.46. The highest BCUT2D eigenvalue weighted by molar-refractivity contribution is 6.02. The summed E-state index contributed by atoms with van der Waals surface area (Å²) in [6, 6.07) is 8.88. The van der Waals surface area contributed by atoms with Crippen molar-refractivity contribution in [1.82, 2.24) is 14.7 Å². The summed E-state index contributed by atoms with van der Waals surface area (Å²) in [7, 11) is 4.64. The highest BCUT2D eigenvalue weighted by Gasteiger charge is 2.46. The van der Waals surface area contributed by atoms with Crippen molar-refractivity contribution in [1.29, 1.82) is 0 Å². The first-order chi connectivity index (χ1) is 16.4. The third-order valence-electron chi connectivity index (χ3n) is 6.89. The zero-order valence-corrected chi connectivity index (χ0v) is 20.2. The molecule has 34 heavy (non-hydrogen) atoms. The Kier molecular flexibility index (Phi) is 7.07. The quantitative estimate of drug-likeness (QED) is 0.650. The van der Waals surface area contributed by atoms with E-state index in [0.717, 1.165) is 26.1 Å². The maximum absolute atomic E-state index is 15.0. The molecule has 7 nitrogen and oxygen atoms in total. The number of carbonyl (C=O) groups excluding carboxylic acids is 2. The second-order valence-electron chi connectivity index (χ2n) is 8.82. The minimum atomic E-state index is -0.777. The van der Waals surface area contributed by atoms with Gasteiger partial charge in [0.25, 0.3) is 5.91 Å². The average Bonchev–Trinajstić information content (AvgIpc) is 2.86. The molecule has 2 amide bonds. The van der Waals surface area contributed by atoms with Crippen molar-refractivity contribution in [3.8, 4) is 11.5 Å². The lowest BCUT2D eigenvalue weighted by Crippen LogP contribution is -2.53. The van der Waals surface area contributed by atoms with E-state index in [0.29, 0.717) is 41.3 Å². The fraction of sp³-hybridized carbons (Fsp3) is 0.462. The molecule has 2 aromatic carbocycles. The fourth-order valence-corrected chi connectivity index (χ4v) is 5.12. The summed E-state index contributed by atoms with van der Waals surface area (Å²) in [5.74, 6) is -0.782. The Morgan fingerprint density at radius 2 is 1.68 bits per heavy atom. The van der Waals surface area contributed by atoms with E-state index in [9.17, 15) is 9.59 Å². The number of carbonyl (C=O) groups is 2. The van der Waals surface area contributed by atoms with E-state index < -0.39 is 17.8 Å². The summed E-state index contributed by atoms with van der Waals surface area (Å²) in [5.41, 5.74) is 1.23. The topological polar surface area (TPSA) is 62.3 Å². The molecule has 0 aliphatic carbocycles. The molecule has 0 N–H and O–H groups in total. The number of halogens is 1. The SMILES string of the molecule is CCCN1CCN(C(=O)[C@@H]2c3cc(OC)c(OC)cc3C(=O)N(C)[C@@H]2c2ccccc2F)CC1. The Hall–Kier alpha value is -3.13. The Labute approximate surface area is 200 Å². The van der Waals surface area contributed by atoms with Crippen LogP contribution in [0.15, 0.2) is 36.4 Å². The van der Waals surface area contributed by atoms with Gasteiger partial charge in [-0.25, -0.2) is 4.39 Å². The summed E-state index contributed by atoms with van der Waals surface area (Å²) < 4.78 is 25.9. The molecule has 1 fully saturated rings. The predicted octanol–water partition coefficient (Wildman–Crippen LogP) is 3.31. The van der Waals surface area contributed by atoms with Gasteiger partial charge in [-0.1, -0.05) is 25.1 Å². The van der Waals surface area contributed by atoms with Crippen molar-refractivity contribution >= 4 is 11.8 Å². The van der Waals surface area contributed by atoms with Crippen molar-refractivity contribution in [3.63, 3.8) is 0 Å². The maximum Gasteiger partial charge on any atom is 0.254 e. The predicted molar refractivity (Wildman–Crippen MR) is 127 cm³/mol. The molecule has 1 saturated heterocycles. The van der Waals surface area contributed by atoms with Crippen LogP contribution in [-0.2, 0) is 4.79 Å². The molecule has 4 rings (SSSR count). The molecule has 2 atom stereocenters. The number of methoxy groups -OCH3 is 2. The number of hydrogen-bond acceptors (Lipinski definition) is 5. The molecule has 0 aromatic heterocycles. The van der Waals surface area contributed by atoms with Gasteiger partial charge in [0.2, 0.25) is 5.91 Å². The van der Waals surface area contributed by atoms with Crippen LogP contribution in [-0.4, -0.2) is 80.5 Å². The van der Waals surface area contributed by atoms with Gasteiger partial charge in [0.1, 0.15) is 5.82 Å². The third-order valence-corrected chi connectivity index (χ3v) is 6.89. The number of fused-ring (bicyclic) bond motifs is 1. The lowest BCUT2D eigenvalue weighted by Gasteiger charge is -2.43. The van der Waals surface area contributed by atoms with E-state index in [1.54, 1.807) is 37.4 Å². The summed E-state index contributed by atoms with van der Waals surface area (Å²) in [4.78, 5) is 33.1. The van der Waals surface area contributed by atoms with E-state index in [4.69, 9.17) is 9.47 Å². The zero-order valence-electron chi connectivity index (χ0n) is 20.2. The second kappa shape index (κ2) is 10.0. The maximum atomic E-state index is 15.0. The van der Waals surface area contributed by atoms with Crippen molar-refractivity contribution in [2.45, 2.75) is 25.3 Å². The summed E-state index contributed by atoms with van der Waals surface area (Å²) in [5, 5.41) is 0. The van der Waals surface area contributed by atoms with Crippen molar-refractivity contribution < 1.29 is 23.5 Å². The zero-order chi connectivity index (χ0) is 24.4. The molecule has 0 unspecified atom stereocenters. The molecule has 0 saturated carbocycles. The van der Waals surface area contributed by atoms with Gasteiger partial charge in [-0.2, -0.15) is 0 Å². The second-order valence-corrected chi connectivity index (χ2v) is 8.82. The van der Waals surface area contributed by atoms with Gasteiger partial charge in [0.15, 0.2) is 11.5 Å². The molecule has 0 bridgehead atoms. The monoisotopic (exact) mass is 469 g/mol. The van der Waals surface area contributed by atoms with Crippen LogP contribution in [0.3, 0.4) is 0 Å². The number of amides is 2. The third kappa shape index (κ3) is 4.22. The van der Waals surface area contributed by atoms with E-state index in [1.165, 1.54) is 25.2 Å². The van der Waals surface area contributed by atoms with Crippen LogP contribution in [0.25, 0.3) is 0 Å². The van der Waals surface area contributed by atoms with E-state index in [2.05, 4.69) is 11.8 Å². The molecule has 0 radical (unpaired) electrons. The Morgan fingerprint density at radius 3 is 2.29 bits per heavy atom. The van der Waals surface area contributed by atoms with Gasteiger partial charge in [-0.15, -0.1) is 0 Å². The van der Waals surface area contributed by atoms with Gasteiger partial charge in [-0.05, 0) is 36.7 Å². The molecule has 2 aliphatic rings. The van der Waals surface area contributed by atoms with Crippen LogP contribution in [0.2, 0.25) is 0 Å². The van der Waals surface area contributed by atoms with Crippen LogP contribution in [0, 0.1) is 5.82 Å². The lowest BCUT2D eigenvalue weighted by molar-refractivity contribution is -0.136. The smallest absolute Gasteiger partial charge is 0.254 e. The Morgan fingerprint density at radius 1 is 1.03 bits per heavy atom.